The molecule has 0 unspecified atom stereocenters. The number of H-pyrrole nitrogens is 1. The molecule has 0 saturated carbocycles. The second-order valence-corrected chi connectivity index (χ2v) is 6.58. The van der Waals surface area contributed by atoms with Crippen molar-refractivity contribution in [2.24, 2.45) is 0 Å². The molecule has 1 aliphatic rings. The zero-order valence-electron chi connectivity index (χ0n) is 15.9. The maximum atomic E-state index is 13.9. The first-order chi connectivity index (χ1) is 14.2. The summed E-state index contributed by atoms with van der Waals surface area (Å²) in [4.78, 5) is 16.9. The highest BCUT2D eigenvalue weighted by molar-refractivity contribution is 5.97. The van der Waals surface area contributed by atoms with Crippen LogP contribution in [0.3, 0.4) is 0 Å². The molecule has 3 aromatic rings. The number of carbonyl (C=O) groups excluding carboxylic acids is 1. The molecule has 29 heavy (non-hydrogen) atoms. The first kappa shape index (κ1) is 18.7. The number of hydrogen-bond acceptors (Lipinski definition) is 6. The van der Waals surface area contributed by atoms with Gasteiger partial charge in [0.05, 0.1) is 18.5 Å². The molecule has 1 aliphatic heterocycles. The Hall–Kier alpha value is -3.62. The maximum absolute atomic E-state index is 13.9. The van der Waals surface area contributed by atoms with Gasteiger partial charge in [-0.05, 0) is 24.3 Å². The van der Waals surface area contributed by atoms with E-state index < -0.39 is 5.82 Å². The van der Waals surface area contributed by atoms with E-state index in [9.17, 15) is 9.18 Å². The van der Waals surface area contributed by atoms with Gasteiger partial charge in [0.1, 0.15) is 11.6 Å². The number of para-hydroxylation sites is 3. The topological polar surface area (TPSA) is 86.4 Å². The quantitative estimate of drug-likeness (QED) is 0.690. The van der Waals surface area contributed by atoms with Gasteiger partial charge in [-0.15, -0.1) is 10.2 Å². The number of ether oxygens (including phenoxy) is 1. The van der Waals surface area contributed by atoms with Gasteiger partial charge in [0.25, 0.3) is 5.91 Å². The molecular weight excluding hydrogens is 375 g/mol. The van der Waals surface area contributed by atoms with Crippen molar-refractivity contribution >= 4 is 23.1 Å². The number of nitrogens with one attached hydrogen (secondary N) is 2. The second kappa shape index (κ2) is 8.17. The molecule has 0 radical (unpaired) electrons. The van der Waals surface area contributed by atoms with Crippen LogP contribution in [-0.4, -0.2) is 59.5 Å². The Balaban J connectivity index is 1.44. The van der Waals surface area contributed by atoms with Gasteiger partial charge in [-0.25, -0.2) is 4.39 Å². The Morgan fingerprint density at radius 3 is 2.55 bits per heavy atom. The lowest BCUT2D eigenvalue weighted by molar-refractivity contribution is 0.0741. The molecule has 0 bridgehead atoms. The number of benzene rings is 2. The first-order valence-electron chi connectivity index (χ1n) is 9.27. The minimum Gasteiger partial charge on any atom is -0.495 e. The lowest BCUT2D eigenvalue weighted by atomic mass is 10.2. The highest BCUT2D eigenvalue weighted by Crippen LogP contribution is 2.29. The van der Waals surface area contributed by atoms with E-state index in [4.69, 9.17) is 4.74 Å². The molecule has 8 nitrogen and oxygen atoms in total. The van der Waals surface area contributed by atoms with Crippen molar-refractivity contribution in [3.8, 4) is 5.75 Å². The van der Waals surface area contributed by atoms with Crippen LogP contribution in [0, 0.1) is 5.82 Å². The monoisotopic (exact) mass is 396 g/mol. The molecule has 150 valence electrons. The predicted molar refractivity (Wildman–Crippen MR) is 107 cm³/mol. The molecule has 2 N–H and O–H groups in total. The number of carbonyl (C=O) groups is 1. The van der Waals surface area contributed by atoms with Gasteiger partial charge < -0.3 is 19.9 Å². The highest BCUT2D eigenvalue weighted by atomic mass is 19.1. The van der Waals surface area contributed by atoms with Crippen molar-refractivity contribution in [1.82, 2.24) is 20.3 Å². The summed E-state index contributed by atoms with van der Waals surface area (Å²) in [7, 11) is 1.65. The van der Waals surface area contributed by atoms with Gasteiger partial charge in [0.15, 0.2) is 11.5 Å². The first-order valence-corrected chi connectivity index (χ1v) is 9.27. The fourth-order valence-corrected chi connectivity index (χ4v) is 3.35. The Labute approximate surface area is 167 Å². The van der Waals surface area contributed by atoms with Gasteiger partial charge in [-0.2, -0.15) is 5.21 Å². The largest absolute Gasteiger partial charge is 0.495 e. The molecule has 1 saturated heterocycles. The number of anilines is 3. The lowest BCUT2D eigenvalue weighted by Gasteiger charge is -2.36. The fraction of sp³-hybridized carbons (Fsp3) is 0.250. The Kier molecular flexibility index (Phi) is 5.28. The summed E-state index contributed by atoms with van der Waals surface area (Å²) in [6.07, 6.45) is 0. The average molecular weight is 396 g/mol. The number of aromatic amines is 1. The maximum Gasteiger partial charge on any atom is 0.278 e. The van der Waals surface area contributed by atoms with E-state index >= 15 is 0 Å². The molecule has 9 heteroatoms. The van der Waals surface area contributed by atoms with Gasteiger partial charge in [-0.1, -0.05) is 24.3 Å². The van der Waals surface area contributed by atoms with Crippen LogP contribution >= 0.6 is 0 Å². The third kappa shape index (κ3) is 3.84. The summed E-state index contributed by atoms with van der Waals surface area (Å²) in [6, 6.07) is 14.0. The number of halogens is 1. The van der Waals surface area contributed by atoms with Crippen molar-refractivity contribution < 1.29 is 13.9 Å². The van der Waals surface area contributed by atoms with Crippen molar-refractivity contribution in [2.45, 2.75) is 0 Å². The third-order valence-electron chi connectivity index (χ3n) is 4.87. The number of hydrogen-bond donors (Lipinski definition) is 2. The van der Waals surface area contributed by atoms with Crippen molar-refractivity contribution in [3.05, 3.63) is 60.0 Å². The normalized spacial score (nSPS) is 14.0. The molecule has 2 heterocycles. The van der Waals surface area contributed by atoms with Crippen LogP contribution in [0.2, 0.25) is 0 Å². The van der Waals surface area contributed by atoms with Crippen LogP contribution in [0.4, 0.5) is 21.6 Å². The number of rotatable bonds is 5. The minimum absolute atomic E-state index is 0.138. The fourth-order valence-electron chi connectivity index (χ4n) is 3.35. The number of aromatic nitrogens is 3. The Bertz CT molecular complexity index is 1000. The van der Waals surface area contributed by atoms with E-state index in [2.05, 4.69) is 25.6 Å². The van der Waals surface area contributed by atoms with Crippen LogP contribution in [0.15, 0.2) is 48.5 Å². The van der Waals surface area contributed by atoms with Gasteiger partial charge in [0.2, 0.25) is 0 Å². The number of nitrogens with zero attached hydrogens (tertiary/aromatic N) is 4. The lowest BCUT2D eigenvalue weighted by Crippen LogP contribution is -2.49. The summed E-state index contributed by atoms with van der Waals surface area (Å²) in [5.74, 6) is 0.323. The summed E-state index contributed by atoms with van der Waals surface area (Å²) >= 11 is 0. The Morgan fingerprint density at radius 1 is 1.07 bits per heavy atom. The van der Waals surface area contributed by atoms with E-state index in [1.165, 1.54) is 6.07 Å². The second-order valence-electron chi connectivity index (χ2n) is 6.58. The highest BCUT2D eigenvalue weighted by Gasteiger charge is 2.27. The van der Waals surface area contributed by atoms with E-state index in [1.54, 1.807) is 30.2 Å². The molecule has 2 aromatic carbocycles. The third-order valence-corrected chi connectivity index (χ3v) is 4.87. The summed E-state index contributed by atoms with van der Waals surface area (Å²) in [6.45, 7) is 2.39. The number of piperazine rings is 1. The number of methoxy groups -OCH3 is 1. The average Bonchev–Trinajstić information content (AvgIpc) is 3.23. The molecule has 0 aliphatic carbocycles. The molecule has 1 fully saturated rings. The molecule has 0 spiro atoms. The SMILES string of the molecule is COc1ccccc1N1CCN(C(=O)c2n[nH]nc2Nc2ccccc2F)CC1. The van der Waals surface area contributed by atoms with E-state index in [0.717, 1.165) is 11.4 Å². The summed E-state index contributed by atoms with van der Waals surface area (Å²) in [5.41, 5.74) is 1.38. The van der Waals surface area contributed by atoms with Gasteiger partial charge >= 0.3 is 0 Å². The van der Waals surface area contributed by atoms with E-state index in [-0.39, 0.29) is 23.1 Å². The van der Waals surface area contributed by atoms with Crippen molar-refractivity contribution in [1.29, 1.82) is 0 Å². The van der Waals surface area contributed by atoms with Crippen LogP contribution < -0.4 is 15.0 Å². The van der Waals surface area contributed by atoms with E-state index in [1.807, 2.05) is 24.3 Å². The van der Waals surface area contributed by atoms with E-state index in [0.29, 0.717) is 26.2 Å². The zero-order chi connectivity index (χ0) is 20.2. The standard InChI is InChI=1S/C20H21FN6O2/c1-29-17-9-5-4-8-16(17)26-10-12-27(13-11-26)20(28)18-19(24-25-23-18)22-15-7-3-2-6-14(15)21/h2-9H,10-13H2,1H3,(H2,22,23,24,25). The van der Waals surface area contributed by atoms with Gasteiger partial charge in [0, 0.05) is 26.2 Å². The van der Waals surface area contributed by atoms with Crippen LogP contribution in [0.25, 0.3) is 0 Å². The minimum atomic E-state index is -0.431. The van der Waals surface area contributed by atoms with Crippen LogP contribution in [0.5, 0.6) is 5.75 Å². The molecule has 1 aromatic heterocycles. The molecule has 0 atom stereocenters. The van der Waals surface area contributed by atoms with Crippen molar-refractivity contribution in [3.63, 3.8) is 0 Å². The molecule has 1 amide bonds. The van der Waals surface area contributed by atoms with Gasteiger partial charge in [-0.3, -0.25) is 4.79 Å². The summed E-state index contributed by atoms with van der Waals surface area (Å²) < 4.78 is 19.3. The summed E-state index contributed by atoms with van der Waals surface area (Å²) in [5, 5.41) is 13.2. The number of amides is 1. The van der Waals surface area contributed by atoms with Crippen LogP contribution in [-0.2, 0) is 0 Å². The smallest absolute Gasteiger partial charge is 0.278 e. The molecule has 4 rings (SSSR count). The molecular formula is C20H21FN6O2. The van der Waals surface area contributed by atoms with Crippen molar-refractivity contribution in [2.75, 3.05) is 43.5 Å². The predicted octanol–water partition coefficient (Wildman–Crippen LogP) is 2.66. The van der Waals surface area contributed by atoms with Crippen LogP contribution in [0.1, 0.15) is 10.5 Å². The zero-order valence-corrected chi connectivity index (χ0v) is 15.9. The Morgan fingerprint density at radius 2 is 1.79 bits per heavy atom.